The number of carbonyl (C=O) groups excluding carboxylic acids is 1. The van der Waals surface area contributed by atoms with Crippen LogP contribution in [0.25, 0.3) is 0 Å². The Morgan fingerprint density at radius 2 is 2.11 bits per heavy atom. The Morgan fingerprint density at radius 3 is 2.61 bits per heavy atom. The smallest absolute Gasteiger partial charge is 0.320 e. The summed E-state index contributed by atoms with van der Waals surface area (Å²) in [4.78, 5) is 17.9. The maximum absolute atomic E-state index is 13.6. The van der Waals surface area contributed by atoms with E-state index in [2.05, 4.69) is 16.9 Å². The van der Waals surface area contributed by atoms with E-state index in [0.29, 0.717) is 35.8 Å². The van der Waals surface area contributed by atoms with Gasteiger partial charge >= 0.3 is 12.2 Å². The van der Waals surface area contributed by atoms with Gasteiger partial charge in [-0.05, 0) is 37.1 Å². The van der Waals surface area contributed by atoms with Crippen molar-refractivity contribution >= 4 is 29.0 Å². The first-order valence-corrected chi connectivity index (χ1v) is 8.68. The molecule has 1 aromatic rings. The zero-order chi connectivity index (χ0) is 20.9. The first kappa shape index (κ1) is 21.7. The van der Waals surface area contributed by atoms with Crippen LogP contribution in [0.4, 0.5) is 28.0 Å². The highest BCUT2D eigenvalue weighted by Crippen LogP contribution is 2.32. The van der Waals surface area contributed by atoms with Crippen molar-refractivity contribution in [2.24, 2.45) is 4.99 Å². The minimum Gasteiger partial charge on any atom is -0.320 e. The van der Waals surface area contributed by atoms with Crippen molar-refractivity contribution in [3.8, 4) is 0 Å². The summed E-state index contributed by atoms with van der Waals surface area (Å²) < 4.78 is 51.4. The molecule has 1 N–H and O–H groups in total. The van der Waals surface area contributed by atoms with Crippen LogP contribution in [0.15, 0.2) is 58.7 Å². The summed E-state index contributed by atoms with van der Waals surface area (Å²) in [5.41, 5.74) is -0.0151. The van der Waals surface area contributed by atoms with Crippen molar-refractivity contribution < 1.29 is 22.4 Å². The molecule has 0 aliphatic carbocycles. The molecule has 4 nitrogen and oxygen atoms in total. The molecule has 1 aliphatic heterocycles. The first-order chi connectivity index (χ1) is 13.2. The summed E-state index contributed by atoms with van der Waals surface area (Å²) in [5.74, 6) is -1.45. The summed E-state index contributed by atoms with van der Waals surface area (Å²) in [6.07, 6.45) is 0.541. The number of aliphatic imine (C=N–C) groups is 1. The molecule has 150 valence electrons. The van der Waals surface area contributed by atoms with Crippen LogP contribution < -0.4 is 5.32 Å². The molecule has 1 heterocycles. The van der Waals surface area contributed by atoms with E-state index in [1.807, 2.05) is 0 Å². The molecular formula is C19H18ClF4N3O. The quantitative estimate of drug-likeness (QED) is 0.495. The van der Waals surface area contributed by atoms with Crippen molar-refractivity contribution in [3.05, 3.63) is 65.1 Å². The van der Waals surface area contributed by atoms with Gasteiger partial charge in [-0.2, -0.15) is 13.2 Å². The number of anilines is 1. The number of alkyl halides is 3. The molecule has 0 unspecified atom stereocenters. The number of urea groups is 1. The van der Waals surface area contributed by atoms with Crippen molar-refractivity contribution in [2.75, 3.05) is 18.4 Å². The van der Waals surface area contributed by atoms with Crippen LogP contribution in [-0.4, -0.2) is 29.7 Å². The SMILES string of the molecule is C=C/N=C(C1=CCN(C(=O)Nc2ccc(C(F)(F)F)c(F)c2)CC1)\C(Cl)=C/C. The van der Waals surface area contributed by atoms with Crippen LogP contribution in [0.1, 0.15) is 18.9 Å². The second kappa shape index (κ2) is 9.05. The van der Waals surface area contributed by atoms with Crippen LogP contribution in [0, 0.1) is 5.82 Å². The number of carbonyl (C=O) groups is 1. The number of halogens is 5. The monoisotopic (exact) mass is 415 g/mol. The molecule has 28 heavy (non-hydrogen) atoms. The van der Waals surface area contributed by atoms with Crippen molar-refractivity contribution in [1.29, 1.82) is 0 Å². The third-order valence-electron chi connectivity index (χ3n) is 4.03. The topological polar surface area (TPSA) is 44.7 Å². The summed E-state index contributed by atoms with van der Waals surface area (Å²) in [7, 11) is 0. The summed E-state index contributed by atoms with van der Waals surface area (Å²) in [6.45, 7) is 5.91. The normalized spacial score (nSPS) is 15.9. The molecule has 2 amide bonds. The number of amides is 2. The van der Waals surface area contributed by atoms with Gasteiger partial charge in [-0.3, -0.25) is 4.99 Å². The number of benzene rings is 1. The maximum atomic E-state index is 13.6. The summed E-state index contributed by atoms with van der Waals surface area (Å²) in [5, 5.41) is 2.86. The highest BCUT2D eigenvalue weighted by molar-refractivity contribution is 6.46. The van der Waals surface area contributed by atoms with Crippen molar-refractivity contribution in [1.82, 2.24) is 4.90 Å². The number of nitrogens with zero attached hydrogens (tertiary/aromatic N) is 2. The molecule has 0 saturated carbocycles. The van der Waals surface area contributed by atoms with Gasteiger partial charge < -0.3 is 10.2 Å². The molecule has 0 atom stereocenters. The van der Waals surface area contributed by atoms with Gasteiger partial charge in [0.2, 0.25) is 0 Å². The van der Waals surface area contributed by atoms with Crippen molar-refractivity contribution in [3.63, 3.8) is 0 Å². The fourth-order valence-corrected chi connectivity index (χ4v) is 2.79. The van der Waals surface area contributed by atoms with E-state index < -0.39 is 23.6 Å². The Balaban J connectivity index is 2.08. The van der Waals surface area contributed by atoms with Gasteiger partial charge in [0, 0.05) is 25.0 Å². The number of allylic oxidation sites excluding steroid dienone is 2. The molecule has 0 aromatic heterocycles. The van der Waals surface area contributed by atoms with Crippen molar-refractivity contribution in [2.45, 2.75) is 19.5 Å². The molecule has 0 fully saturated rings. The van der Waals surface area contributed by atoms with E-state index in [4.69, 9.17) is 11.6 Å². The minimum absolute atomic E-state index is 0.0591. The molecule has 0 spiro atoms. The lowest BCUT2D eigenvalue weighted by molar-refractivity contribution is -0.139. The molecule has 0 radical (unpaired) electrons. The van der Waals surface area contributed by atoms with Crippen LogP contribution in [0.2, 0.25) is 0 Å². The van der Waals surface area contributed by atoms with Gasteiger partial charge in [-0.25, -0.2) is 9.18 Å². The van der Waals surface area contributed by atoms with Crippen LogP contribution in [-0.2, 0) is 6.18 Å². The Labute approximate surface area is 164 Å². The fourth-order valence-electron chi connectivity index (χ4n) is 2.62. The highest BCUT2D eigenvalue weighted by Gasteiger charge is 2.34. The Kier molecular flexibility index (Phi) is 7.01. The molecule has 1 aromatic carbocycles. The van der Waals surface area contributed by atoms with Gasteiger partial charge in [0.25, 0.3) is 0 Å². The highest BCUT2D eigenvalue weighted by atomic mass is 35.5. The summed E-state index contributed by atoms with van der Waals surface area (Å²) >= 11 is 6.14. The van der Waals surface area contributed by atoms with Gasteiger partial charge in [-0.1, -0.05) is 30.3 Å². The predicted molar refractivity (Wildman–Crippen MR) is 102 cm³/mol. The van der Waals surface area contributed by atoms with E-state index in [1.54, 1.807) is 19.1 Å². The second-order valence-electron chi connectivity index (χ2n) is 5.84. The number of nitrogens with one attached hydrogen (secondary N) is 1. The van der Waals surface area contributed by atoms with Gasteiger partial charge in [0.05, 0.1) is 16.3 Å². The number of rotatable bonds is 4. The molecule has 2 rings (SSSR count). The van der Waals surface area contributed by atoms with Crippen LogP contribution in [0.5, 0.6) is 0 Å². The van der Waals surface area contributed by atoms with Gasteiger partial charge in [0.15, 0.2) is 0 Å². The lowest BCUT2D eigenvalue weighted by Crippen LogP contribution is -2.38. The zero-order valence-electron chi connectivity index (χ0n) is 15.0. The Hall–Kier alpha value is -2.61. The van der Waals surface area contributed by atoms with E-state index in [0.717, 1.165) is 11.6 Å². The average Bonchev–Trinajstić information content (AvgIpc) is 2.64. The molecule has 9 heteroatoms. The molecular weight excluding hydrogens is 398 g/mol. The number of hydrogen-bond acceptors (Lipinski definition) is 2. The van der Waals surface area contributed by atoms with Crippen LogP contribution >= 0.6 is 11.6 Å². The molecule has 0 bridgehead atoms. The van der Waals surface area contributed by atoms with Crippen LogP contribution in [0.3, 0.4) is 0 Å². The average molecular weight is 416 g/mol. The third-order valence-corrected chi connectivity index (χ3v) is 4.42. The Bertz CT molecular complexity index is 859. The Morgan fingerprint density at radius 1 is 1.39 bits per heavy atom. The second-order valence-corrected chi connectivity index (χ2v) is 6.25. The molecule has 0 saturated heterocycles. The zero-order valence-corrected chi connectivity index (χ0v) is 15.7. The maximum Gasteiger partial charge on any atom is 0.419 e. The standard InChI is InChI=1S/C19H18ClF4N3O/c1-3-15(20)17(25-4-2)12-7-9-27(10-8-12)18(28)26-13-5-6-14(16(21)11-13)19(22,23)24/h3-7,11H,2,8-10H2,1H3,(H,26,28)/b15-3+,25-17-. The predicted octanol–water partition coefficient (Wildman–Crippen LogP) is 5.74. The third kappa shape index (κ3) is 5.22. The summed E-state index contributed by atoms with van der Waals surface area (Å²) in [6, 6.07) is 1.70. The molecule has 1 aliphatic rings. The largest absolute Gasteiger partial charge is 0.419 e. The number of hydrogen-bond donors (Lipinski definition) is 1. The minimum atomic E-state index is -4.79. The first-order valence-electron chi connectivity index (χ1n) is 8.30. The lowest BCUT2D eigenvalue weighted by Gasteiger charge is -2.27. The fraction of sp³-hybridized carbons (Fsp3) is 0.263. The van der Waals surface area contributed by atoms with E-state index in [-0.39, 0.29) is 12.2 Å². The van der Waals surface area contributed by atoms with E-state index >= 15 is 0 Å². The van der Waals surface area contributed by atoms with E-state index in [1.165, 1.54) is 11.1 Å². The van der Waals surface area contributed by atoms with Gasteiger partial charge in [0.1, 0.15) is 5.82 Å². The van der Waals surface area contributed by atoms with Gasteiger partial charge in [-0.15, -0.1) is 0 Å². The van der Waals surface area contributed by atoms with E-state index in [9.17, 15) is 22.4 Å². The lowest BCUT2D eigenvalue weighted by atomic mass is 10.0.